The Morgan fingerprint density at radius 3 is 2.60 bits per heavy atom. The fraction of sp³-hybridized carbons (Fsp3) is 0.188. The number of anilines is 1. The van der Waals surface area contributed by atoms with Crippen LogP contribution in [0.2, 0.25) is 5.02 Å². The zero-order valence-corrected chi connectivity index (χ0v) is 12.2. The zero-order valence-electron chi connectivity index (χ0n) is 11.5. The number of aryl methyl sites for hydroxylation is 1. The highest BCUT2D eigenvalue weighted by Gasteiger charge is 2.13. The summed E-state index contributed by atoms with van der Waals surface area (Å²) in [4.78, 5) is 12.2. The first-order valence-electron chi connectivity index (χ1n) is 6.40. The molecule has 0 unspecified atom stereocenters. The highest BCUT2D eigenvalue weighted by Crippen LogP contribution is 2.21. The molecule has 0 aliphatic rings. The van der Waals surface area contributed by atoms with Gasteiger partial charge in [-0.15, -0.1) is 0 Å². The van der Waals surface area contributed by atoms with Crippen molar-refractivity contribution in [3.8, 4) is 0 Å². The molecule has 1 amide bonds. The van der Waals surface area contributed by atoms with Crippen LogP contribution in [0.15, 0.2) is 42.5 Å². The van der Waals surface area contributed by atoms with Gasteiger partial charge in [-0.1, -0.05) is 35.9 Å². The number of nitrogens with one attached hydrogen (secondary N) is 1. The van der Waals surface area contributed by atoms with E-state index in [1.165, 1.54) is 0 Å². The van der Waals surface area contributed by atoms with E-state index in [0.29, 0.717) is 16.3 Å². The number of nitrogens with two attached hydrogens (primary N) is 1. The summed E-state index contributed by atoms with van der Waals surface area (Å²) in [6.45, 7) is 3.98. The number of hydrogen-bond donors (Lipinski definition) is 2. The Bertz CT molecular complexity index is 640. The third-order valence-corrected chi connectivity index (χ3v) is 3.59. The van der Waals surface area contributed by atoms with Crippen molar-refractivity contribution in [2.45, 2.75) is 19.9 Å². The average Bonchev–Trinajstić information content (AvgIpc) is 2.42. The van der Waals surface area contributed by atoms with Crippen molar-refractivity contribution < 1.29 is 4.79 Å². The second kappa shape index (κ2) is 5.97. The maximum atomic E-state index is 12.2. The monoisotopic (exact) mass is 288 g/mol. The molecule has 2 aromatic carbocycles. The van der Waals surface area contributed by atoms with Crippen LogP contribution in [-0.4, -0.2) is 5.91 Å². The van der Waals surface area contributed by atoms with E-state index >= 15 is 0 Å². The molecule has 0 fully saturated rings. The zero-order chi connectivity index (χ0) is 14.7. The minimum Gasteiger partial charge on any atom is -0.398 e. The fourth-order valence-corrected chi connectivity index (χ4v) is 2.28. The second-order valence-electron chi connectivity index (χ2n) is 4.79. The van der Waals surface area contributed by atoms with Gasteiger partial charge in [-0.25, -0.2) is 0 Å². The van der Waals surface area contributed by atoms with Crippen molar-refractivity contribution in [3.63, 3.8) is 0 Å². The lowest BCUT2D eigenvalue weighted by atomic mass is 10.0. The van der Waals surface area contributed by atoms with Crippen LogP contribution < -0.4 is 11.1 Å². The van der Waals surface area contributed by atoms with E-state index in [9.17, 15) is 4.79 Å². The highest BCUT2D eigenvalue weighted by atomic mass is 35.5. The molecular weight excluding hydrogens is 272 g/mol. The summed E-state index contributed by atoms with van der Waals surface area (Å²) in [5.41, 5.74) is 8.86. The second-order valence-corrected chi connectivity index (χ2v) is 5.20. The van der Waals surface area contributed by atoms with Crippen LogP contribution in [0.1, 0.15) is 34.5 Å². The molecule has 104 valence electrons. The topological polar surface area (TPSA) is 55.1 Å². The van der Waals surface area contributed by atoms with E-state index in [1.54, 1.807) is 18.2 Å². The minimum atomic E-state index is -0.164. The molecule has 0 aliphatic heterocycles. The van der Waals surface area contributed by atoms with E-state index in [1.807, 2.05) is 38.1 Å². The van der Waals surface area contributed by atoms with Gasteiger partial charge in [0, 0.05) is 5.56 Å². The van der Waals surface area contributed by atoms with Crippen LogP contribution in [-0.2, 0) is 0 Å². The maximum Gasteiger partial charge on any atom is 0.251 e. The van der Waals surface area contributed by atoms with Gasteiger partial charge < -0.3 is 11.1 Å². The third-order valence-electron chi connectivity index (χ3n) is 3.27. The maximum absolute atomic E-state index is 12.2. The molecule has 0 bridgehead atoms. The summed E-state index contributed by atoms with van der Waals surface area (Å²) in [5, 5.41) is 3.35. The van der Waals surface area contributed by atoms with Crippen molar-refractivity contribution in [2.24, 2.45) is 0 Å². The lowest BCUT2D eigenvalue weighted by molar-refractivity contribution is 0.0940. The molecule has 0 heterocycles. The lowest BCUT2D eigenvalue weighted by Crippen LogP contribution is -2.27. The molecule has 0 aliphatic carbocycles. The van der Waals surface area contributed by atoms with Crippen molar-refractivity contribution in [1.82, 2.24) is 5.32 Å². The predicted octanol–water partition coefficient (Wildman–Crippen LogP) is 3.72. The third kappa shape index (κ3) is 3.11. The molecule has 2 rings (SSSR count). The first-order valence-corrected chi connectivity index (χ1v) is 6.78. The van der Waals surface area contributed by atoms with Gasteiger partial charge >= 0.3 is 0 Å². The summed E-state index contributed by atoms with van der Waals surface area (Å²) < 4.78 is 0. The summed E-state index contributed by atoms with van der Waals surface area (Å²) in [5.74, 6) is -0.164. The average molecular weight is 289 g/mol. The van der Waals surface area contributed by atoms with Crippen LogP contribution in [0, 0.1) is 6.92 Å². The van der Waals surface area contributed by atoms with E-state index in [-0.39, 0.29) is 11.9 Å². The smallest absolute Gasteiger partial charge is 0.251 e. The van der Waals surface area contributed by atoms with Gasteiger partial charge in [0.05, 0.1) is 16.8 Å². The largest absolute Gasteiger partial charge is 0.398 e. The van der Waals surface area contributed by atoms with Crippen molar-refractivity contribution in [1.29, 1.82) is 0 Å². The van der Waals surface area contributed by atoms with E-state index in [4.69, 9.17) is 17.3 Å². The summed E-state index contributed by atoms with van der Waals surface area (Å²) in [7, 11) is 0. The number of carbonyl (C=O) groups excluding carboxylic acids is 1. The molecular formula is C16H17ClN2O. The summed E-state index contributed by atoms with van der Waals surface area (Å²) >= 11 is 5.93. The quantitative estimate of drug-likeness (QED) is 0.846. The van der Waals surface area contributed by atoms with Crippen LogP contribution in [0.5, 0.6) is 0 Å². The predicted molar refractivity (Wildman–Crippen MR) is 82.9 cm³/mol. The molecule has 2 aromatic rings. The number of halogens is 1. The Morgan fingerprint density at radius 2 is 1.95 bits per heavy atom. The molecule has 0 aromatic heterocycles. The summed E-state index contributed by atoms with van der Waals surface area (Å²) in [6.07, 6.45) is 0. The Kier molecular flexibility index (Phi) is 4.30. The fourth-order valence-electron chi connectivity index (χ4n) is 2.10. The highest BCUT2D eigenvalue weighted by molar-refractivity contribution is 6.33. The van der Waals surface area contributed by atoms with Gasteiger partial charge in [-0.3, -0.25) is 4.79 Å². The van der Waals surface area contributed by atoms with Gasteiger partial charge in [0.1, 0.15) is 0 Å². The molecule has 0 spiro atoms. The van der Waals surface area contributed by atoms with E-state index < -0.39 is 0 Å². The molecule has 0 radical (unpaired) electrons. The Labute approximate surface area is 123 Å². The number of hydrogen-bond acceptors (Lipinski definition) is 2. The van der Waals surface area contributed by atoms with Crippen LogP contribution >= 0.6 is 11.6 Å². The minimum absolute atomic E-state index is 0.0694. The van der Waals surface area contributed by atoms with Gasteiger partial charge in [0.2, 0.25) is 0 Å². The number of carbonyl (C=O) groups is 1. The van der Waals surface area contributed by atoms with Crippen LogP contribution in [0.4, 0.5) is 5.69 Å². The molecule has 3 N–H and O–H groups in total. The van der Waals surface area contributed by atoms with Gasteiger partial charge in [0.25, 0.3) is 5.91 Å². The Balaban J connectivity index is 2.15. The van der Waals surface area contributed by atoms with Gasteiger partial charge in [0.15, 0.2) is 0 Å². The summed E-state index contributed by atoms with van der Waals surface area (Å²) in [6, 6.07) is 12.8. The Hall–Kier alpha value is -2.00. The normalized spacial score (nSPS) is 11.9. The number of amides is 1. The molecule has 4 heteroatoms. The molecule has 3 nitrogen and oxygen atoms in total. The molecule has 20 heavy (non-hydrogen) atoms. The van der Waals surface area contributed by atoms with Crippen molar-refractivity contribution in [3.05, 3.63) is 64.2 Å². The van der Waals surface area contributed by atoms with E-state index in [0.717, 1.165) is 11.1 Å². The number of rotatable bonds is 3. The SMILES string of the molecule is Cc1ccccc1[C@@H](C)NC(=O)c1ccc(N)c(Cl)c1. The molecule has 0 saturated carbocycles. The molecule has 1 atom stereocenters. The lowest BCUT2D eigenvalue weighted by Gasteiger charge is -2.16. The Morgan fingerprint density at radius 1 is 1.25 bits per heavy atom. The van der Waals surface area contributed by atoms with E-state index in [2.05, 4.69) is 5.32 Å². The van der Waals surface area contributed by atoms with Gasteiger partial charge in [-0.2, -0.15) is 0 Å². The first kappa shape index (κ1) is 14.4. The van der Waals surface area contributed by atoms with Crippen LogP contribution in [0.3, 0.4) is 0 Å². The molecule has 0 saturated heterocycles. The number of nitrogen functional groups attached to an aromatic ring is 1. The standard InChI is InChI=1S/C16H17ClN2O/c1-10-5-3-4-6-13(10)11(2)19-16(20)12-7-8-15(18)14(17)9-12/h3-9,11H,18H2,1-2H3,(H,19,20)/t11-/m1/s1. The van der Waals surface area contributed by atoms with Crippen molar-refractivity contribution in [2.75, 3.05) is 5.73 Å². The van der Waals surface area contributed by atoms with Crippen LogP contribution in [0.25, 0.3) is 0 Å². The number of benzene rings is 2. The van der Waals surface area contributed by atoms with Crippen molar-refractivity contribution >= 4 is 23.2 Å². The first-order chi connectivity index (χ1) is 9.49. The van der Waals surface area contributed by atoms with Gasteiger partial charge in [-0.05, 0) is 43.2 Å².